The Labute approximate surface area is 165 Å². The quantitative estimate of drug-likeness (QED) is 0.793. The van der Waals surface area contributed by atoms with Crippen molar-refractivity contribution < 1.29 is 13.9 Å². The molecule has 0 saturated carbocycles. The van der Waals surface area contributed by atoms with Gasteiger partial charge in [-0.1, -0.05) is 0 Å². The van der Waals surface area contributed by atoms with Crippen LogP contribution in [0.1, 0.15) is 25.6 Å². The molecular formula is C20H29N5O3. The Hall–Kier alpha value is -2.58. The molecule has 2 aromatic rings. The summed E-state index contributed by atoms with van der Waals surface area (Å²) in [5.74, 6) is 1.70. The van der Waals surface area contributed by atoms with Crippen molar-refractivity contribution in [1.29, 1.82) is 0 Å². The molecular weight excluding hydrogens is 358 g/mol. The largest absolute Gasteiger partial charge is 0.468 e. The molecule has 1 aliphatic rings. The van der Waals surface area contributed by atoms with E-state index in [0.717, 1.165) is 24.7 Å². The van der Waals surface area contributed by atoms with Gasteiger partial charge >= 0.3 is 6.03 Å². The summed E-state index contributed by atoms with van der Waals surface area (Å²) < 4.78 is 11.2. The average molecular weight is 387 g/mol. The number of nitrogens with one attached hydrogen (secondary N) is 2. The lowest BCUT2D eigenvalue weighted by Gasteiger charge is -2.36. The molecule has 1 saturated heterocycles. The number of hydrogen-bond donors (Lipinski definition) is 2. The molecule has 1 aliphatic heterocycles. The van der Waals surface area contributed by atoms with Crippen molar-refractivity contribution in [3.05, 3.63) is 42.5 Å². The van der Waals surface area contributed by atoms with Crippen molar-refractivity contribution in [2.45, 2.75) is 32.1 Å². The number of amides is 2. The van der Waals surface area contributed by atoms with Crippen molar-refractivity contribution in [3.63, 3.8) is 0 Å². The Kier molecular flexibility index (Phi) is 6.53. The van der Waals surface area contributed by atoms with E-state index in [0.29, 0.717) is 12.2 Å². The first-order chi connectivity index (χ1) is 13.4. The van der Waals surface area contributed by atoms with Crippen LogP contribution in [0.15, 0.2) is 41.1 Å². The minimum absolute atomic E-state index is 0.0356. The summed E-state index contributed by atoms with van der Waals surface area (Å²) in [7, 11) is 3.89. The molecule has 0 unspecified atom stereocenters. The molecule has 8 heteroatoms. The SMILES string of the molecule is C[C@@H]1CN(c2ccc(NC(=O)NC[C@H](c3ccco3)N(C)C)cn2)C[C@H](C)O1. The van der Waals surface area contributed by atoms with Crippen LogP contribution in [-0.4, -0.2) is 61.9 Å². The number of likely N-dealkylation sites (N-methyl/N-ethyl adjacent to an activating group) is 1. The summed E-state index contributed by atoms with van der Waals surface area (Å²) in [6.45, 7) is 6.17. The van der Waals surface area contributed by atoms with Crippen LogP contribution in [0.2, 0.25) is 0 Å². The monoisotopic (exact) mass is 387 g/mol. The van der Waals surface area contributed by atoms with E-state index in [1.807, 2.05) is 43.3 Å². The van der Waals surface area contributed by atoms with Crippen molar-refractivity contribution >= 4 is 17.5 Å². The van der Waals surface area contributed by atoms with Crippen LogP contribution in [0.5, 0.6) is 0 Å². The molecule has 0 radical (unpaired) electrons. The highest BCUT2D eigenvalue weighted by Crippen LogP contribution is 2.20. The van der Waals surface area contributed by atoms with E-state index in [-0.39, 0.29) is 24.3 Å². The van der Waals surface area contributed by atoms with Gasteiger partial charge in [0.05, 0.1) is 36.4 Å². The third kappa shape index (κ3) is 5.24. The topological polar surface area (TPSA) is 82.9 Å². The van der Waals surface area contributed by atoms with Crippen LogP contribution in [-0.2, 0) is 4.74 Å². The van der Waals surface area contributed by atoms with E-state index in [2.05, 4.69) is 34.4 Å². The van der Waals surface area contributed by atoms with Crippen molar-refractivity contribution in [1.82, 2.24) is 15.2 Å². The number of hydrogen-bond acceptors (Lipinski definition) is 6. The number of furan rings is 1. The van der Waals surface area contributed by atoms with Crippen LogP contribution in [0, 0.1) is 0 Å². The third-order valence-electron chi connectivity index (χ3n) is 4.70. The molecule has 152 valence electrons. The maximum Gasteiger partial charge on any atom is 0.319 e. The summed E-state index contributed by atoms with van der Waals surface area (Å²) in [5, 5.41) is 5.71. The number of ether oxygens (including phenoxy) is 1. The summed E-state index contributed by atoms with van der Waals surface area (Å²) in [6.07, 6.45) is 3.66. The first-order valence-electron chi connectivity index (χ1n) is 9.53. The summed E-state index contributed by atoms with van der Waals surface area (Å²) >= 11 is 0. The maximum absolute atomic E-state index is 12.3. The van der Waals surface area contributed by atoms with Crippen LogP contribution in [0.25, 0.3) is 0 Å². The molecule has 0 aliphatic carbocycles. The van der Waals surface area contributed by atoms with E-state index < -0.39 is 0 Å². The van der Waals surface area contributed by atoms with Gasteiger partial charge in [0.15, 0.2) is 0 Å². The number of carbonyl (C=O) groups is 1. The molecule has 3 rings (SSSR count). The van der Waals surface area contributed by atoms with Gasteiger partial charge in [-0.2, -0.15) is 0 Å². The predicted octanol–water partition coefficient (Wildman–Crippen LogP) is 2.71. The second-order valence-electron chi connectivity index (χ2n) is 7.40. The van der Waals surface area contributed by atoms with Gasteiger partial charge in [-0.25, -0.2) is 9.78 Å². The summed E-state index contributed by atoms with van der Waals surface area (Å²) in [6, 6.07) is 7.22. The van der Waals surface area contributed by atoms with Crippen LogP contribution in [0.3, 0.4) is 0 Å². The van der Waals surface area contributed by atoms with E-state index in [9.17, 15) is 4.79 Å². The Morgan fingerprint density at radius 1 is 1.29 bits per heavy atom. The molecule has 0 bridgehead atoms. The Bertz CT molecular complexity index is 738. The van der Waals surface area contributed by atoms with Crippen molar-refractivity contribution in [3.8, 4) is 0 Å². The second-order valence-corrected chi connectivity index (χ2v) is 7.40. The van der Waals surface area contributed by atoms with Gasteiger partial charge in [0, 0.05) is 19.6 Å². The lowest BCUT2D eigenvalue weighted by Crippen LogP contribution is -2.45. The fourth-order valence-electron chi connectivity index (χ4n) is 3.40. The molecule has 8 nitrogen and oxygen atoms in total. The first-order valence-corrected chi connectivity index (χ1v) is 9.53. The minimum atomic E-state index is -0.276. The number of rotatable bonds is 6. The zero-order valence-corrected chi connectivity index (χ0v) is 16.9. The number of morpholine rings is 1. The highest BCUT2D eigenvalue weighted by Gasteiger charge is 2.23. The Morgan fingerprint density at radius 2 is 2.04 bits per heavy atom. The fourth-order valence-corrected chi connectivity index (χ4v) is 3.40. The average Bonchev–Trinajstić information content (AvgIpc) is 3.15. The van der Waals surface area contributed by atoms with Gasteiger partial charge in [0.1, 0.15) is 11.6 Å². The zero-order chi connectivity index (χ0) is 20.1. The highest BCUT2D eigenvalue weighted by molar-refractivity contribution is 5.89. The predicted molar refractivity (Wildman–Crippen MR) is 109 cm³/mol. The van der Waals surface area contributed by atoms with Gasteiger partial charge in [-0.15, -0.1) is 0 Å². The van der Waals surface area contributed by atoms with E-state index >= 15 is 0 Å². The van der Waals surface area contributed by atoms with Gasteiger partial charge in [-0.05, 0) is 52.2 Å². The van der Waals surface area contributed by atoms with Gasteiger partial charge in [0.25, 0.3) is 0 Å². The molecule has 2 amide bonds. The lowest BCUT2D eigenvalue weighted by molar-refractivity contribution is -0.00545. The maximum atomic E-state index is 12.3. The molecule has 28 heavy (non-hydrogen) atoms. The molecule has 2 aromatic heterocycles. The van der Waals surface area contributed by atoms with E-state index in [4.69, 9.17) is 9.15 Å². The number of aromatic nitrogens is 1. The first kappa shape index (κ1) is 20.2. The fraction of sp³-hybridized carbons (Fsp3) is 0.500. The smallest absolute Gasteiger partial charge is 0.319 e. The van der Waals surface area contributed by atoms with E-state index in [1.54, 1.807) is 12.5 Å². The molecule has 0 aromatic carbocycles. The van der Waals surface area contributed by atoms with Gasteiger partial charge < -0.3 is 24.7 Å². The summed E-state index contributed by atoms with van der Waals surface area (Å²) in [5.41, 5.74) is 0.648. The number of anilines is 2. The molecule has 3 heterocycles. The van der Waals surface area contributed by atoms with Crippen molar-refractivity contribution in [2.75, 3.05) is 43.9 Å². The molecule has 1 fully saturated rings. The van der Waals surface area contributed by atoms with E-state index in [1.165, 1.54) is 0 Å². The lowest BCUT2D eigenvalue weighted by atomic mass is 10.2. The number of pyridine rings is 1. The normalized spacial score (nSPS) is 20.8. The third-order valence-corrected chi connectivity index (χ3v) is 4.70. The van der Waals surface area contributed by atoms with Crippen LogP contribution in [0.4, 0.5) is 16.3 Å². The Balaban J connectivity index is 1.53. The number of urea groups is 1. The highest BCUT2D eigenvalue weighted by atomic mass is 16.5. The molecule has 2 N–H and O–H groups in total. The second kappa shape index (κ2) is 9.07. The molecule has 0 spiro atoms. The van der Waals surface area contributed by atoms with Crippen LogP contribution < -0.4 is 15.5 Å². The van der Waals surface area contributed by atoms with Crippen molar-refractivity contribution in [2.24, 2.45) is 0 Å². The van der Waals surface area contributed by atoms with Crippen LogP contribution >= 0.6 is 0 Å². The van der Waals surface area contributed by atoms with Gasteiger partial charge in [-0.3, -0.25) is 4.90 Å². The Morgan fingerprint density at radius 3 is 2.61 bits per heavy atom. The standard InChI is InChI=1S/C20H29N5O3/c1-14-12-25(13-15(2)28-14)19-8-7-16(10-21-19)23-20(26)22-11-17(24(3)4)18-6-5-9-27-18/h5-10,14-15,17H,11-13H2,1-4H3,(H2,22,23,26)/t14-,15+,17-/m1/s1. The summed E-state index contributed by atoms with van der Waals surface area (Å²) in [4.78, 5) is 21.0. The zero-order valence-electron chi connectivity index (χ0n) is 16.9. The minimum Gasteiger partial charge on any atom is -0.468 e. The number of carbonyl (C=O) groups excluding carboxylic acids is 1. The number of nitrogens with zero attached hydrogens (tertiary/aromatic N) is 3. The van der Waals surface area contributed by atoms with Gasteiger partial charge in [0.2, 0.25) is 0 Å². The molecule has 3 atom stereocenters.